The molecule has 2 aromatic rings. The molecule has 0 unspecified atom stereocenters. The molecule has 1 aliphatic heterocycles. The van der Waals surface area contributed by atoms with E-state index in [4.69, 9.17) is 4.74 Å². The van der Waals surface area contributed by atoms with Gasteiger partial charge in [-0.15, -0.1) is 0 Å². The summed E-state index contributed by atoms with van der Waals surface area (Å²) in [7, 11) is -3.78. The molecule has 29 heavy (non-hydrogen) atoms. The summed E-state index contributed by atoms with van der Waals surface area (Å²) in [6.07, 6.45) is 0.879. The summed E-state index contributed by atoms with van der Waals surface area (Å²) in [4.78, 5) is 14.5. The fraction of sp³-hybridized carbons (Fsp3) is 0.333. The number of rotatable bonds is 6. The van der Waals surface area contributed by atoms with Crippen LogP contribution in [0, 0.1) is 11.3 Å². The van der Waals surface area contributed by atoms with Crippen molar-refractivity contribution in [2.45, 2.75) is 18.2 Å². The number of benzene rings is 2. The van der Waals surface area contributed by atoms with Crippen molar-refractivity contribution in [1.82, 2.24) is 9.21 Å². The average Bonchev–Trinajstić information content (AvgIpc) is 2.77. The Kier molecular flexibility index (Phi) is 6.52. The predicted molar refractivity (Wildman–Crippen MR) is 108 cm³/mol. The Labute approximate surface area is 171 Å². The number of nitriles is 1. The second-order valence-electron chi connectivity index (χ2n) is 6.68. The van der Waals surface area contributed by atoms with Gasteiger partial charge < -0.3 is 9.64 Å². The van der Waals surface area contributed by atoms with E-state index in [9.17, 15) is 18.5 Å². The summed E-state index contributed by atoms with van der Waals surface area (Å²) in [5.74, 6) is 0.494. The van der Waals surface area contributed by atoms with Crippen LogP contribution in [-0.4, -0.2) is 56.3 Å². The molecule has 0 radical (unpaired) electrons. The Morgan fingerprint density at radius 1 is 1.10 bits per heavy atom. The molecule has 0 saturated carbocycles. The van der Waals surface area contributed by atoms with Crippen LogP contribution in [0.2, 0.25) is 0 Å². The number of carbonyl (C=O) groups is 1. The number of hydrogen-bond acceptors (Lipinski definition) is 5. The molecule has 2 aromatic carbocycles. The SMILES string of the molecule is CCCOc1cccc(C(=O)N2CCN(S(=O)(=O)c3ccccc3C#N)CC2)c1. The number of hydrogen-bond donors (Lipinski definition) is 0. The van der Waals surface area contributed by atoms with Crippen LogP contribution in [0.3, 0.4) is 0 Å². The van der Waals surface area contributed by atoms with Gasteiger partial charge in [0.2, 0.25) is 10.0 Å². The van der Waals surface area contributed by atoms with Gasteiger partial charge in [-0.1, -0.05) is 25.1 Å². The van der Waals surface area contributed by atoms with E-state index in [1.807, 2.05) is 19.1 Å². The lowest BCUT2D eigenvalue weighted by molar-refractivity contribution is 0.0697. The minimum Gasteiger partial charge on any atom is -0.494 e. The van der Waals surface area contributed by atoms with Crippen molar-refractivity contribution < 1.29 is 17.9 Å². The van der Waals surface area contributed by atoms with Crippen molar-refractivity contribution in [1.29, 1.82) is 5.26 Å². The van der Waals surface area contributed by atoms with Crippen LogP contribution in [0.4, 0.5) is 0 Å². The third-order valence-electron chi connectivity index (χ3n) is 4.71. The van der Waals surface area contributed by atoms with Crippen molar-refractivity contribution in [3.8, 4) is 11.8 Å². The molecule has 7 nitrogen and oxygen atoms in total. The zero-order valence-electron chi connectivity index (χ0n) is 16.2. The Balaban J connectivity index is 1.69. The van der Waals surface area contributed by atoms with Gasteiger partial charge in [0.15, 0.2) is 0 Å². The number of piperazine rings is 1. The largest absolute Gasteiger partial charge is 0.494 e. The van der Waals surface area contributed by atoms with E-state index < -0.39 is 10.0 Å². The zero-order chi connectivity index (χ0) is 20.9. The van der Waals surface area contributed by atoms with Gasteiger partial charge in [-0.2, -0.15) is 9.57 Å². The van der Waals surface area contributed by atoms with E-state index in [0.717, 1.165) is 6.42 Å². The number of ether oxygens (including phenoxy) is 1. The minimum absolute atomic E-state index is 0.00282. The van der Waals surface area contributed by atoms with Crippen molar-refractivity contribution in [3.63, 3.8) is 0 Å². The standard InChI is InChI=1S/C21H23N3O4S/c1-2-14-28-19-8-5-7-17(15-19)21(25)23-10-12-24(13-11-23)29(26,27)20-9-4-3-6-18(20)16-22/h3-9,15H,2,10-14H2,1H3. The van der Waals surface area contributed by atoms with Gasteiger partial charge in [0.1, 0.15) is 11.8 Å². The fourth-order valence-electron chi connectivity index (χ4n) is 3.18. The normalized spacial score (nSPS) is 15.0. The summed E-state index contributed by atoms with van der Waals surface area (Å²) < 4.78 is 32.7. The molecule has 0 spiro atoms. The first-order valence-electron chi connectivity index (χ1n) is 9.48. The Bertz CT molecular complexity index is 1020. The highest BCUT2D eigenvalue weighted by Gasteiger charge is 2.31. The van der Waals surface area contributed by atoms with Gasteiger partial charge in [-0.05, 0) is 36.8 Å². The third kappa shape index (κ3) is 4.58. The third-order valence-corrected chi connectivity index (χ3v) is 6.66. The van der Waals surface area contributed by atoms with Crippen molar-refractivity contribution in [2.75, 3.05) is 32.8 Å². The molecule has 1 aliphatic rings. The Hall–Kier alpha value is -2.89. The second kappa shape index (κ2) is 9.07. The molecule has 0 aromatic heterocycles. The van der Waals surface area contributed by atoms with Crippen LogP contribution in [0.15, 0.2) is 53.4 Å². The van der Waals surface area contributed by atoms with Gasteiger partial charge >= 0.3 is 0 Å². The van der Waals surface area contributed by atoms with Crippen molar-refractivity contribution >= 4 is 15.9 Å². The fourth-order valence-corrected chi connectivity index (χ4v) is 4.74. The smallest absolute Gasteiger partial charge is 0.254 e. The molecule has 1 amide bonds. The van der Waals surface area contributed by atoms with E-state index >= 15 is 0 Å². The van der Waals surface area contributed by atoms with Crippen LogP contribution in [0.1, 0.15) is 29.3 Å². The molecule has 8 heteroatoms. The van der Waals surface area contributed by atoms with E-state index in [2.05, 4.69) is 0 Å². The van der Waals surface area contributed by atoms with E-state index in [-0.39, 0.29) is 42.5 Å². The summed E-state index contributed by atoms with van der Waals surface area (Å²) in [6, 6.07) is 15.1. The zero-order valence-corrected chi connectivity index (χ0v) is 17.1. The second-order valence-corrected chi connectivity index (χ2v) is 8.59. The molecule has 3 rings (SSSR count). The highest BCUT2D eigenvalue weighted by atomic mass is 32.2. The maximum atomic E-state index is 12.9. The van der Waals surface area contributed by atoms with Crippen LogP contribution < -0.4 is 4.74 Å². The molecule has 0 atom stereocenters. The van der Waals surface area contributed by atoms with E-state index in [1.54, 1.807) is 35.2 Å². The van der Waals surface area contributed by atoms with E-state index in [1.165, 1.54) is 16.4 Å². The Morgan fingerprint density at radius 3 is 2.52 bits per heavy atom. The molecular formula is C21H23N3O4S. The van der Waals surface area contributed by atoms with Gasteiger partial charge in [-0.25, -0.2) is 8.42 Å². The number of nitrogens with zero attached hydrogens (tertiary/aromatic N) is 3. The molecule has 1 saturated heterocycles. The number of carbonyl (C=O) groups excluding carboxylic acids is 1. The number of sulfonamides is 1. The molecule has 1 fully saturated rings. The molecule has 152 valence electrons. The van der Waals surface area contributed by atoms with Crippen molar-refractivity contribution in [3.05, 3.63) is 59.7 Å². The molecular weight excluding hydrogens is 390 g/mol. The van der Waals surface area contributed by atoms with Crippen LogP contribution in [0.25, 0.3) is 0 Å². The first kappa shape index (κ1) is 20.8. The molecule has 0 bridgehead atoms. The number of amides is 1. The monoisotopic (exact) mass is 413 g/mol. The topological polar surface area (TPSA) is 90.7 Å². The minimum atomic E-state index is -3.78. The maximum Gasteiger partial charge on any atom is 0.254 e. The maximum absolute atomic E-state index is 12.9. The average molecular weight is 413 g/mol. The van der Waals surface area contributed by atoms with Crippen LogP contribution >= 0.6 is 0 Å². The van der Waals surface area contributed by atoms with Crippen LogP contribution in [0.5, 0.6) is 5.75 Å². The summed E-state index contributed by atoms with van der Waals surface area (Å²) in [6.45, 7) is 3.52. The quantitative estimate of drug-likeness (QED) is 0.726. The van der Waals surface area contributed by atoms with Gasteiger partial charge in [0, 0.05) is 31.7 Å². The molecule has 0 aliphatic carbocycles. The van der Waals surface area contributed by atoms with Crippen LogP contribution in [-0.2, 0) is 10.0 Å². The first-order chi connectivity index (χ1) is 14.0. The summed E-state index contributed by atoms with van der Waals surface area (Å²) in [5, 5.41) is 9.20. The molecule has 1 heterocycles. The summed E-state index contributed by atoms with van der Waals surface area (Å²) in [5.41, 5.74) is 0.639. The lowest BCUT2D eigenvalue weighted by atomic mass is 10.1. The lowest BCUT2D eigenvalue weighted by Gasteiger charge is -2.34. The highest BCUT2D eigenvalue weighted by molar-refractivity contribution is 7.89. The predicted octanol–water partition coefficient (Wildman–Crippen LogP) is 2.49. The lowest BCUT2D eigenvalue weighted by Crippen LogP contribution is -2.50. The Morgan fingerprint density at radius 2 is 1.83 bits per heavy atom. The molecule has 0 N–H and O–H groups in total. The van der Waals surface area contributed by atoms with Crippen molar-refractivity contribution in [2.24, 2.45) is 0 Å². The van der Waals surface area contributed by atoms with E-state index in [0.29, 0.717) is 17.9 Å². The van der Waals surface area contributed by atoms with Gasteiger partial charge in [0.25, 0.3) is 5.91 Å². The summed E-state index contributed by atoms with van der Waals surface area (Å²) >= 11 is 0. The highest BCUT2D eigenvalue weighted by Crippen LogP contribution is 2.22. The van der Waals surface area contributed by atoms with Gasteiger partial charge in [-0.3, -0.25) is 4.79 Å². The first-order valence-corrected chi connectivity index (χ1v) is 10.9. The van der Waals surface area contributed by atoms with Gasteiger partial charge in [0.05, 0.1) is 17.1 Å².